The second-order valence-corrected chi connectivity index (χ2v) is 20.4. The number of unbranched alkanes of at least 4 members (excludes halogenated alkanes) is 4. The van der Waals surface area contributed by atoms with Crippen molar-refractivity contribution in [3.8, 4) is 44.8 Å². The molecular weight excluding hydrogens is 1000 g/mol. The van der Waals surface area contributed by atoms with Gasteiger partial charge in [-0.15, -0.1) is 0 Å². The number of carbonyl (C=O) groups excluding carboxylic acids is 4. The Morgan fingerprint density at radius 2 is 0.912 bits per heavy atom. The van der Waals surface area contributed by atoms with Crippen LogP contribution in [-0.2, 0) is 18.9 Å². The van der Waals surface area contributed by atoms with E-state index in [1.807, 2.05) is 88.4 Å². The van der Waals surface area contributed by atoms with E-state index in [0.717, 1.165) is 74.6 Å². The molecule has 0 spiro atoms. The summed E-state index contributed by atoms with van der Waals surface area (Å²) in [7, 11) is 0. The number of aromatic amines is 2. The molecule has 80 heavy (non-hydrogen) atoms. The maximum atomic E-state index is 14.1. The van der Waals surface area contributed by atoms with Gasteiger partial charge in [0.15, 0.2) is 0 Å². The maximum absolute atomic E-state index is 14.1. The lowest BCUT2D eigenvalue weighted by atomic mass is 9.92. The number of H-pyrrole nitrogens is 2. The number of nitrogens with one attached hydrogen (secondary N) is 2. The monoisotopic (exact) mass is 1060 g/mol. The highest BCUT2D eigenvalue weighted by atomic mass is 16.5. The first-order valence-electron chi connectivity index (χ1n) is 27.9. The van der Waals surface area contributed by atoms with E-state index in [2.05, 4.69) is 58.5 Å². The summed E-state index contributed by atoms with van der Waals surface area (Å²) < 4.78 is 23.1. The standard InChI is InChI=1S/C68H62N4O8/c1-5-9-25-77-65(73)47-29-45(30-48(33-47)66(74)78-26-10-6-2)61-57-23-21-51(69-57)39-59-53-35-41-17-13-15-19-43(41)37-55(53)63(71-59)62(46-31-49(67(75)79-27-11-7-3)34-50(32-46)68(76)80-28-12-8-4)64-56-38-44-20-16-14-18-42(44)36-54(56)60(72-64)40-52-22-24-58(61)70-52/h13-24,29-40,69,72H,5-12,25-28H2,1-4H3. The van der Waals surface area contributed by atoms with Crippen molar-refractivity contribution in [2.45, 2.75) is 79.1 Å². The van der Waals surface area contributed by atoms with Gasteiger partial charge >= 0.3 is 23.9 Å². The fourth-order valence-corrected chi connectivity index (χ4v) is 10.4. The first kappa shape index (κ1) is 52.9. The summed E-state index contributed by atoms with van der Waals surface area (Å²) in [6.07, 6.45) is 10.0. The van der Waals surface area contributed by atoms with E-state index in [1.54, 1.807) is 36.4 Å². The van der Waals surface area contributed by atoms with Gasteiger partial charge in [-0.25, -0.2) is 29.1 Å². The van der Waals surface area contributed by atoms with Gasteiger partial charge in [0.25, 0.3) is 0 Å². The number of ether oxygens (including phenoxy) is 4. The molecule has 0 fully saturated rings. The third kappa shape index (κ3) is 10.9. The van der Waals surface area contributed by atoms with Gasteiger partial charge in [-0.2, -0.15) is 0 Å². The molecule has 0 amide bonds. The number of benzene rings is 6. The smallest absolute Gasteiger partial charge is 0.338 e. The van der Waals surface area contributed by atoms with Crippen molar-refractivity contribution in [1.82, 2.24) is 19.9 Å². The Morgan fingerprint density at radius 3 is 1.43 bits per heavy atom. The molecule has 8 bridgehead atoms. The van der Waals surface area contributed by atoms with Crippen LogP contribution in [0.3, 0.4) is 0 Å². The van der Waals surface area contributed by atoms with Crippen LogP contribution in [0.2, 0.25) is 0 Å². The van der Waals surface area contributed by atoms with Crippen molar-refractivity contribution in [3.63, 3.8) is 0 Å². The zero-order valence-corrected chi connectivity index (χ0v) is 45.5. The van der Waals surface area contributed by atoms with E-state index in [0.29, 0.717) is 87.3 Å². The van der Waals surface area contributed by atoms with Crippen LogP contribution in [0.15, 0.2) is 133 Å². The molecule has 11 rings (SSSR count). The molecule has 0 atom stereocenters. The Labute approximate surface area is 463 Å². The van der Waals surface area contributed by atoms with Crippen molar-refractivity contribution in [2.75, 3.05) is 26.4 Å². The number of fused-ring (bicyclic) bond motifs is 16. The minimum absolute atomic E-state index is 0.209. The molecule has 2 aliphatic heterocycles. The number of hydrogen-bond acceptors (Lipinski definition) is 10. The van der Waals surface area contributed by atoms with Crippen molar-refractivity contribution < 1.29 is 38.1 Å². The van der Waals surface area contributed by atoms with Crippen LogP contribution in [0, 0.1) is 0 Å². The van der Waals surface area contributed by atoms with Gasteiger partial charge in [0.05, 0.1) is 77.0 Å². The maximum Gasteiger partial charge on any atom is 0.338 e. The highest BCUT2D eigenvalue weighted by molar-refractivity contribution is 6.18. The average molecular weight is 1060 g/mol. The molecule has 9 aromatic rings. The Balaban J connectivity index is 1.26. The molecule has 12 nitrogen and oxygen atoms in total. The first-order valence-corrected chi connectivity index (χ1v) is 27.9. The third-order valence-corrected chi connectivity index (χ3v) is 14.6. The Bertz CT molecular complexity index is 4050. The number of carbonyl (C=O) groups is 4. The van der Waals surface area contributed by atoms with E-state index >= 15 is 0 Å². The van der Waals surface area contributed by atoms with Crippen LogP contribution < -0.4 is 0 Å². The number of hydrogen-bond donors (Lipinski definition) is 2. The van der Waals surface area contributed by atoms with E-state index < -0.39 is 23.9 Å². The van der Waals surface area contributed by atoms with Crippen molar-refractivity contribution in [3.05, 3.63) is 167 Å². The molecule has 0 saturated carbocycles. The molecule has 0 unspecified atom stereocenters. The van der Waals surface area contributed by atoms with E-state index in [9.17, 15) is 19.2 Å². The average Bonchev–Trinajstić information content (AvgIpc) is 4.47. The van der Waals surface area contributed by atoms with E-state index in [1.165, 1.54) is 0 Å². The quantitative estimate of drug-likeness (QED) is 0.0480. The summed E-state index contributed by atoms with van der Waals surface area (Å²) in [6, 6.07) is 43.2. The summed E-state index contributed by atoms with van der Waals surface area (Å²) in [5.41, 5.74) is 10.3. The summed E-state index contributed by atoms with van der Waals surface area (Å²) in [4.78, 5) is 74.4. The fourth-order valence-electron chi connectivity index (χ4n) is 10.4. The predicted octanol–water partition coefficient (Wildman–Crippen LogP) is 16.4. The largest absolute Gasteiger partial charge is 0.462 e. The lowest BCUT2D eigenvalue weighted by Gasteiger charge is -2.13. The normalized spacial score (nSPS) is 11.8. The second-order valence-electron chi connectivity index (χ2n) is 20.4. The zero-order valence-electron chi connectivity index (χ0n) is 45.5. The molecule has 0 aliphatic carbocycles. The minimum Gasteiger partial charge on any atom is -0.462 e. The van der Waals surface area contributed by atoms with Crippen LogP contribution in [0.4, 0.5) is 0 Å². The van der Waals surface area contributed by atoms with E-state index in [-0.39, 0.29) is 48.7 Å². The Morgan fingerprint density at radius 1 is 0.438 bits per heavy atom. The van der Waals surface area contributed by atoms with Gasteiger partial charge in [-0.1, -0.05) is 102 Å². The summed E-state index contributed by atoms with van der Waals surface area (Å²) >= 11 is 0. The molecular formula is C68H62N4O8. The van der Waals surface area contributed by atoms with Gasteiger partial charge in [-0.05, 0) is 155 Å². The fraction of sp³-hybridized carbons (Fsp3) is 0.235. The van der Waals surface area contributed by atoms with Crippen LogP contribution in [0.25, 0.3) is 111 Å². The van der Waals surface area contributed by atoms with Crippen molar-refractivity contribution in [2.24, 2.45) is 0 Å². The Hall–Kier alpha value is -9.16. The summed E-state index contributed by atoms with van der Waals surface area (Å²) in [5, 5.41) is 5.80. The molecule has 2 N–H and O–H groups in total. The predicted molar refractivity (Wildman–Crippen MR) is 319 cm³/mol. The summed E-state index contributed by atoms with van der Waals surface area (Å²) in [5.74, 6) is -2.18. The molecule has 3 aromatic heterocycles. The number of esters is 4. The topological polar surface area (TPSA) is 163 Å². The van der Waals surface area contributed by atoms with Gasteiger partial charge < -0.3 is 28.9 Å². The number of rotatable bonds is 18. The van der Waals surface area contributed by atoms with Crippen molar-refractivity contribution in [1.29, 1.82) is 0 Å². The first-order chi connectivity index (χ1) is 39.1. The van der Waals surface area contributed by atoms with E-state index in [4.69, 9.17) is 28.9 Å². The number of nitrogens with zero attached hydrogens (tertiary/aromatic N) is 2. The highest BCUT2D eigenvalue weighted by Gasteiger charge is 2.27. The molecule has 2 aliphatic rings. The number of aromatic nitrogens is 4. The lowest BCUT2D eigenvalue weighted by Crippen LogP contribution is -2.11. The molecule has 12 heteroatoms. The third-order valence-electron chi connectivity index (χ3n) is 14.6. The lowest BCUT2D eigenvalue weighted by molar-refractivity contribution is 0.0480. The minimum atomic E-state index is -0.549. The van der Waals surface area contributed by atoms with Gasteiger partial charge in [0.1, 0.15) is 0 Å². The molecule has 0 radical (unpaired) electrons. The van der Waals surface area contributed by atoms with Crippen LogP contribution in [0.1, 0.15) is 132 Å². The zero-order chi connectivity index (χ0) is 55.3. The molecule has 5 heterocycles. The van der Waals surface area contributed by atoms with Crippen molar-refractivity contribution >= 4 is 90.4 Å². The summed E-state index contributed by atoms with van der Waals surface area (Å²) in [6.45, 7) is 9.07. The van der Waals surface area contributed by atoms with Gasteiger partial charge in [0.2, 0.25) is 0 Å². The SMILES string of the molecule is CCCCOC(=O)c1cc(C(=O)OCCCC)cc(-c2c3nc(cc4[nH]c(c(-c5cc(C(=O)OCCCC)cc(C(=O)OCCCC)c5)c5nc(cc6ccc2[nH]6)-c2cc6ccccc6cc2-5)c2cc5ccccc5cc42)C=C3)c1. The highest BCUT2D eigenvalue weighted by Crippen LogP contribution is 2.47. The van der Waals surface area contributed by atoms with Crippen LogP contribution >= 0.6 is 0 Å². The Kier molecular flexibility index (Phi) is 15.5. The molecule has 0 saturated heterocycles. The van der Waals surface area contributed by atoms with Gasteiger partial charge in [0, 0.05) is 49.6 Å². The second kappa shape index (κ2) is 23.4. The van der Waals surface area contributed by atoms with Gasteiger partial charge in [-0.3, -0.25) is 0 Å². The van der Waals surface area contributed by atoms with Crippen LogP contribution in [-0.4, -0.2) is 70.2 Å². The molecule has 402 valence electrons. The molecule has 6 aromatic carbocycles. The van der Waals surface area contributed by atoms with Crippen LogP contribution in [0.5, 0.6) is 0 Å².